The van der Waals surface area contributed by atoms with Gasteiger partial charge >= 0.3 is 5.97 Å². The molecule has 0 fully saturated rings. The molecule has 6 heteroatoms. The zero-order chi connectivity index (χ0) is 14.3. The van der Waals surface area contributed by atoms with Crippen LogP contribution in [0, 0.1) is 0 Å². The zero-order valence-electron chi connectivity index (χ0n) is 10.4. The Kier molecular flexibility index (Phi) is 5.53. The first-order chi connectivity index (χ1) is 9.00. The summed E-state index contributed by atoms with van der Waals surface area (Å²) in [6.45, 7) is 0. The Labute approximate surface area is 110 Å². The van der Waals surface area contributed by atoms with Gasteiger partial charge in [0.1, 0.15) is 0 Å². The fourth-order valence-corrected chi connectivity index (χ4v) is 1.58. The fourth-order valence-electron chi connectivity index (χ4n) is 1.58. The van der Waals surface area contributed by atoms with E-state index < -0.39 is 11.9 Å². The van der Waals surface area contributed by atoms with E-state index in [-0.39, 0.29) is 24.3 Å². The third kappa shape index (κ3) is 5.20. The molecule has 1 rings (SSSR count). The summed E-state index contributed by atoms with van der Waals surface area (Å²) in [6.07, 6.45) is 1.18. The summed E-state index contributed by atoms with van der Waals surface area (Å²) in [5, 5.41) is 11.1. The van der Waals surface area contributed by atoms with Gasteiger partial charge < -0.3 is 16.2 Å². The lowest BCUT2D eigenvalue weighted by molar-refractivity contribution is -0.137. The van der Waals surface area contributed by atoms with E-state index in [0.29, 0.717) is 18.5 Å². The van der Waals surface area contributed by atoms with Crippen LogP contribution in [0.15, 0.2) is 24.3 Å². The topological polar surface area (TPSA) is 109 Å². The summed E-state index contributed by atoms with van der Waals surface area (Å²) in [4.78, 5) is 33.1. The lowest BCUT2D eigenvalue weighted by atomic mass is 10.1. The van der Waals surface area contributed by atoms with Crippen LogP contribution in [0.5, 0.6) is 0 Å². The van der Waals surface area contributed by atoms with Crippen LogP contribution in [0.3, 0.4) is 0 Å². The van der Waals surface area contributed by atoms with Crippen LogP contribution < -0.4 is 11.1 Å². The van der Waals surface area contributed by atoms with Crippen LogP contribution in [0.4, 0.5) is 5.69 Å². The monoisotopic (exact) mass is 264 g/mol. The zero-order valence-corrected chi connectivity index (χ0v) is 10.4. The van der Waals surface area contributed by atoms with E-state index in [4.69, 9.17) is 10.8 Å². The molecular formula is C13H16N2O4. The second-order valence-electron chi connectivity index (χ2n) is 4.06. The molecule has 2 amide bonds. The average Bonchev–Trinajstić information content (AvgIpc) is 2.35. The highest BCUT2D eigenvalue weighted by molar-refractivity contribution is 6.02. The van der Waals surface area contributed by atoms with Crippen LogP contribution in [-0.4, -0.2) is 22.9 Å². The Bertz CT molecular complexity index is 485. The van der Waals surface area contributed by atoms with Gasteiger partial charge in [-0.05, 0) is 25.0 Å². The van der Waals surface area contributed by atoms with Crippen molar-refractivity contribution in [2.24, 2.45) is 5.73 Å². The molecule has 0 aliphatic carbocycles. The van der Waals surface area contributed by atoms with Gasteiger partial charge in [0, 0.05) is 12.8 Å². The SMILES string of the molecule is NC(=O)c1ccccc1NC(=O)CCCCC(=O)O. The molecule has 0 unspecified atom stereocenters. The van der Waals surface area contributed by atoms with E-state index >= 15 is 0 Å². The number of aliphatic carboxylic acids is 1. The van der Waals surface area contributed by atoms with Gasteiger partial charge in [-0.25, -0.2) is 0 Å². The predicted octanol–water partition coefficient (Wildman–Crippen LogP) is 1.37. The number of para-hydroxylation sites is 1. The van der Waals surface area contributed by atoms with Crippen LogP contribution in [0.2, 0.25) is 0 Å². The number of amides is 2. The van der Waals surface area contributed by atoms with Crippen LogP contribution in [0.25, 0.3) is 0 Å². The molecular weight excluding hydrogens is 248 g/mol. The van der Waals surface area contributed by atoms with Crippen molar-refractivity contribution < 1.29 is 19.5 Å². The van der Waals surface area contributed by atoms with Crippen molar-refractivity contribution >= 4 is 23.5 Å². The predicted molar refractivity (Wildman–Crippen MR) is 69.7 cm³/mol. The lowest BCUT2D eigenvalue weighted by Gasteiger charge is -2.08. The average molecular weight is 264 g/mol. The number of carboxylic acids is 1. The van der Waals surface area contributed by atoms with Crippen LogP contribution in [0.1, 0.15) is 36.0 Å². The molecule has 0 heterocycles. The summed E-state index contributed by atoms with van der Waals surface area (Å²) in [5.74, 6) is -1.75. The number of hydrogen-bond donors (Lipinski definition) is 3. The normalized spacial score (nSPS) is 9.89. The lowest BCUT2D eigenvalue weighted by Crippen LogP contribution is -2.17. The van der Waals surface area contributed by atoms with Gasteiger partial charge in [-0.2, -0.15) is 0 Å². The number of nitrogens with two attached hydrogens (primary N) is 1. The van der Waals surface area contributed by atoms with Crippen LogP contribution >= 0.6 is 0 Å². The molecule has 0 saturated carbocycles. The van der Waals surface area contributed by atoms with Gasteiger partial charge in [0.25, 0.3) is 5.91 Å². The first kappa shape index (κ1) is 14.7. The van der Waals surface area contributed by atoms with E-state index in [1.165, 1.54) is 6.07 Å². The number of primary amides is 1. The molecule has 0 aliphatic rings. The Morgan fingerprint density at radius 2 is 1.74 bits per heavy atom. The van der Waals surface area contributed by atoms with Crippen molar-refractivity contribution in [2.75, 3.05) is 5.32 Å². The Morgan fingerprint density at radius 3 is 2.37 bits per heavy atom. The molecule has 1 aromatic carbocycles. The number of carbonyl (C=O) groups is 3. The molecule has 6 nitrogen and oxygen atoms in total. The molecule has 4 N–H and O–H groups in total. The third-order valence-electron chi connectivity index (χ3n) is 2.51. The van der Waals surface area contributed by atoms with Gasteiger partial charge in [-0.3, -0.25) is 14.4 Å². The second-order valence-corrected chi connectivity index (χ2v) is 4.06. The van der Waals surface area contributed by atoms with Crippen LogP contribution in [-0.2, 0) is 9.59 Å². The Balaban J connectivity index is 2.48. The van der Waals surface area contributed by atoms with Gasteiger partial charge in [0.2, 0.25) is 5.91 Å². The van der Waals surface area contributed by atoms with E-state index in [9.17, 15) is 14.4 Å². The third-order valence-corrected chi connectivity index (χ3v) is 2.51. The Hall–Kier alpha value is -2.37. The van der Waals surface area contributed by atoms with Crippen molar-refractivity contribution in [3.05, 3.63) is 29.8 Å². The number of anilines is 1. The minimum absolute atomic E-state index is 0.0468. The summed E-state index contributed by atoms with van der Waals surface area (Å²) in [7, 11) is 0. The molecule has 0 aromatic heterocycles. The molecule has 0 aliphatic heterocycles. The molecule has 102 valence electrons. The number of nitrogens with one attached hydrogen (secondary N) is 1. The quantitative estimate of drug-likeness (QED) is 0.646. The molecule has 0 bridgehead atoms. The van der Waals surface area contributed by atoms with Gasteiger partial charge in [-0.1, -0.05) is 12.1 Å². The number of hydrogen-bond acceptors (Lipinski definition) is 3. The van der Waals surface area contributed by atoms with E-state index in [1.807, 2.05) is 0 Å². The highest BCUT2D eigenvalue weighted by atomic mass is 16.4. The van der Waals surface area contributed by atoms with Gasteiger partial charge in [-0.15, -0.1) is 0 Å². The van der Waals surface area contributed by atoms with Crippen molar-refractivity contribution in [3.8, 4) is 0 Å². The maximum Gasteiger partial charge on any atom is 0.303 e. The number of benzene rings is 1. The van der Waals surface area contributed by atoms with Gasteiger partial charge in [0.05, 0.1) is 11.3 Å². The second kappa shape index (κ2) is 7.15. The Morgan fingerprint density at radius 1 is 1.11 bits per heavy atom. The highest BCUT2D eigenvalue weighted by Gasteiger charge is 2.10. The molecule has 1 aromatic rings. The molecule has 0 radical (unpaired) electrons. The molecule has 0 spiro atoms. The standard InChI is InChI=1S/C13H16N2O4/c14-13(19)9-5-1-2-6-10(9)15-11(16)7-3-4-8-12(17)18/h1-2,5-6H,3-4,7-8H2,(H2,14,19)(H,15,16)(H,17,18). The van der Waals surface area contributed by atoms with Crippen molar-refractivity contribution in [2.45, 2.75) is 25.7 Å². The highest BCUT2D eigenvalue weighted by Crippen LogP contribution is 2.15. The van der Waals surface area contributed by atoms with Crippen molar-refractivity contribution in [1.82, 2.24) is 0 Å². The van der Waals surface area contributed by atoms with Gasteiger partial charge in [0.15, 0.2) is 0 Å². The number of unbranched alkanes of at least 4 members (excludes halogenated alkanes) is 1. The smallest absolute Gasteiger partial charge is 0.303 e. The minimum atomic E-state index is -0.875. The number of rotatable bonds is 7. The first-order valence-electron chi connectivity index (χ1n) is 5.91. The van der Waals surface area contributed by atoms with E-state index in [1.54, 1.807) is 18.2 Å². The summed E-state index contributed by atoms with van der Waals surface area (Å²) in [6, 6.07) is 6.46. The summed E-state index contributed by atoms with van der Waals surface area (Å²) in [5.41, 5.74) is 5.81. The van der Waals surface area contributed by atoms with Crippen molar-refractivity contribution in [1.29, 1.82) is 0 Å². The molecule has 0 saturated heterocycles. The first-order valence-corrected chi connectivity index (χ1v) is 5.91. The maximum absolute atomic E-state index is 11.6. The number of carbonyl (C=O) groups excluding carboxylic acids is 2. The molecule has 19 heavy (non-hydrogen) atoms. The minimum Gasteiger partial charge on any atom is -0.481 e. The summed E-state index contributed by atoms with van der Waals surface area (Å²) >= 11 is 0. The molecule has 0 atom stereocenters. The largest absolute Gasteiger partial charge is 0.481 e. The number of carboxylic acid groups (broad SMARTS) is 1. The maximum atomic E-state index is 11.6. The fraction of sp³-hybridized carbons (Fsp3) is 0.308. The van der Waals surface area contributed by atoms with E-state index in [2.05, 4.69) is 5.32 Å². The summed E-state index contributed by atoms with van der Waals surface area (Å²) < 4.78 is 0. The van der Waals surface area contributed by atoms with E-state index in [0.717, 1.165) is 0 Å². The van der Waals surface area contributed by atoms with Crippen molar-refractivity contribution in [3.63, 3.8) is 0 Å².